The number of nitrogen functional groups attached to an aromatic ring is 1. The van der Waals surface area contributed by atoms with Crippen molar-refractivity contribution in [3.8, 4) is 0 Å². The van der Waals surface area contributed by atoms with Crippen LogP contribution >= 0.6 is 0 Å². The number of ketones is 1. The quantitative estimate of drug-likeness (QED) is 0.641. The van der Waals surface area contributed by atoms with Crippen molar-refractivity contribution in [3.63, 3.8) is 0 Å². The number of carbonyl (C=O) groups is 1. The molecule has 1 aliphatic rings. The molecule has 2 N–H and O–H groups in total. The first-order valence-electron chi connectivity index (χ1n) is 6.42. The Morgan fingerprint density at radius 3 is 2.83 bits per heavy atom. The molecule has 3 heteroatoms. The highest BCUT2D eigenvalue weighted by atomic mass is 16.5. The molecule has 0 radical (unpaired) electrons. The fraction of sp³-hybridized carbons (Fsp3) is 0.400. The van der Waals surface area contributed by atoms with Gasteiger partial charge in [0.2, 0.25) is 0 Å². The Balaban J connectivity index is 1.77. The molecule has 0 aliphatic carbocycles. The van der Waals surface area contributed by atoms with Gasteiger partial charge in [-0.05, 0) is 43.0 Å². The fourth-order valence-corrected chi connectivity index (χ4v) is 2.05. The lowest BCUT2D eigenvalue weighted by Gasteiger charge is -2.06. The molecule has 1 saturated heterocycles. The van der Waals surface area contributed by atoms with E-state index in [1.54, 1.807) is 6.08 Å². The van der Waals surface area contributed by atoms with E-state index in [0.29, 0.717) is 12.5 Å². The van der Waals surface area contributed by atoms with Crippen LogP contribution in [0.25, 0.3) is 6.08 Å². The standard InChI is InChI=1S/C15H19NO2/c16-13-6-3-12(4-7-13)5-8-14(17)9-10-15-2-1-11-18-15/h3-8,15H,1-2,9-11,16H2/b8-5+. The summed E-state index contributed by atoms with van der Waals surface area (Å²) in [5.74, 6) is 0.155. The molecule has 18 heavy (non-hydrogen) atoms. The maximum Gasteiger partial charge on any atom is 0.155 e. The van der Waals surface area contributed by atoms with Crippen LogP contribution in [0.4, 0.5) is 5.69 Å². The lowest BCUT2D eigenvalue weighted by Crippen LogP contribution is -2.07. The summed E-state index contributed by atoms with van der Waals surface area (Å²) in [6, 6.07) is 7.46. The van der Waals surface area contributed by atoms with Crippen molar-refractivity contribution < 1.29 is 9.53 Å². The van der Waals surface area contributed by atoms with Crippen molar-refractivity contribution in [2.24, 2.45) is 0 Å². The Kier molecular flexibility index (Phi) is 4.53. The molecular formula is C15H19NO2. The molecule has 1 fully saturated rings. The minimum absolute atomic E-state index is 0.155. The van der Waals surface area contributed by atoms with Gasteiger partial charge in [-0.1, -0.05) is 18.2 Å². The van der Waals surface area contributed by atoms with Crippen molar-refractivity contribution in [2.75, 3.05) is 12.3 Å². The molecule has 0 saturated carbocycles. The van der Waals surface area contributed by atoms with Crippen LogP contribution in [-0.4, -0.2) is 18.5 Å². The zero-order valence-electron chi connectivity index (χ0n) is 10.5. The van der Waals surface area contributed by atoms with Crippen molar-refractivity contribution in [2.45, 2.75) is 31.8 Å². The van der Waals surface area contributed by atoms with E-state index in [-0.39, 0.29) is 5.78 Å². The molecule has 0 bridgehead atoms. The number of allylic oxidation sites excluding steroid dienone is 1. The monoisotopic (exact) mass is 245 g/mol. The first-order chi connectivity index (χ1) is 8.74. The minimum atomic E-state index is 0.155. The van der Waals surface area contributed by atoms with Gasteiger partial charge in [0.15, 0.2) is 5.78 Å². The van der Waals surface area contributed by atoms with Gasteiger partial charge in [-0.2, -0.15) is 0 Å². The lowest BCUT2D eigenvalue weighted by molar-refractivity contribution is -0.115. The smallest absolute Gasteiger partial charge is 0.155 e. The normalized spacial score (nSPS) is 19.4. The van der Waals surface area contributed by atoms with Crippen molar-refractivity contribution in [3.05, 3.63) is 35.9 Å². The summed E-state index contributed by atoms with van der Waals surface area (Å²) in [5.41, 5.74) is 7.32. The fourth-order valence-electron chi connectivity index (χ4n) is 2.05. The van der Waals surface area contributed by atoms with E-state index in [2.05, 4.69) is 0 Å². The van der Waals surface area contributed by atoms with Gasteiger partial charge in [-0.25, -0.2) is 0 Å². The third kappa shape index (κ3) is 4.00. The van der Waals surface area contributed by atoms with Crippen molar-refractivity contribution >= 4 is 17.5 Å². The van der Waals surface area contributed by atoms with Gasteiger partial charge < -0.3 is 10.5 Å². The molecule has 1 aromatic carbocycles. The zero-order chi connectivity index (χ0) is 12.8. The molecular weight excluding hydrogens is 226 g/mol. The van der Waals surface area contributed by atoms with Crippen LogP contribution < -0.4 is 5.73 Å². The number of carbonyl (C=O) groups excluding carboxylic acids is 1. The average Bonchev–Trinajstić information content (AvgIpc) is 2.89. The van der Waals surface area contributed by atoms with Crippen LogP contribution in [-0.2, 0) is 9.53 Å². The van der Waals surface area contributed by atoms with E-state index in [9.17, 15) is 4.79 Å². The van der Waals surface area contributed by atoms with Crippen molar-refractivity contribution in [1.82, 2.24) is 0 Å². The summed E-state index contributed by atoms with van der Waals surface area (Å²) in [6.45, 7) is 0.847. The second kappa shape index (κ2) is 6.36. The van der Waals surface area contributed by atoms with E-state index >= 15 is 0 Å². The Hall–Kier alpha value is -1.61. The third-order valence-electron chi connectivity index (χ3n) is 3.13. The minimum Gasteiger partial charge on any atom is -0.399 e. The number of benzene rings is 1. The Morgan fingerprint density at radius 1 is 1.39 bits per heavy atom. The highest BCUT2D eigenvalue weighted by Crippen LogP contribution is 2.17. The predicted molar refractivity (Wildman–Crippen MR) is 73.1 cm³/mol. The Labute approximate surface area is 108 Å². The number of rotatable bonds is 5. The number of nitrogens with two attached hydrogens (primary N) is 1. The predicted octanol–water partition coefficient (Wildman–Crippen LogP) is 2.81. The summed E-state index contributed by atoms with van der Waals surface area (Å²) in [5, 5.41) is 0. The van der Waals surface area contributed by atoms with Crippen LogP contribution in [0.15, 0.2) is 30.3 Å². The van der Waals surface area contributed by atoms with Gasteiger partial charge in [-0.15, -0.1) is 0 Å². The Morgan fingerprint density at radius 2 is 2.17 bits per heavy atom. The molecule has 1 aromatic rings. The van der Waals surface area contributed by atoms with E-state index in [1.165, 1.54) is 0 Å². The molecule has 1 aliphatic heterocycles. The molecule has 0 amide bonds. The van der Waals surface area contributed by atoms with Gasteiger partial charge >= 0.3 is 0 Å². The van der Waals surface area contributed by atoms with Gasteiger partial charge in [-0.3, -0.25) is 4.79 Å². The first-order valence-corrected chi connectivity index (χ1v) is 6.42. The number of hydrogen-bond acceptors (Lipinski definition) is 3. The number of hydrogen-bond donors (Lipinski definition) is 1. The van der Waals surface area contributed by atoms with Crippen LogP contribution in [0.2, 0.25) is 0 Å². The second-order valence-corrected chi connectivity index (χ2v) is 4.64. The first kappa shape index (κ1) is 12.8. The van der Waals surface area contributed by atoms with Crippen LogP contribution in [0.3, 0.4) is 0 Å². The summed E-state index contributed by atoms with van der Waals surface area (Å²) < 4.78 is 5.49. The van der Waals surface area contributed by atoms with E-state index in [4.69, 9.17) is 10.5 Å². The molecule has 3 nitrogen and oxygen atoms in total. The van der Waals surface area contributed by atoms with E-state index in [1.807, 2.05) is 30.3 Å². The van der Waals surface area contributed by atoms with Crippen LogP contribution in [0.1, 0.15) is 31.2 Å². The third-order valence-corrected chi connectivity index (χ3v) is 3.13. The van der Waals surface area contributed by atoms with Gasteiger partial charge in [0, 0.05) is 18.7 Å². The number of ether oxygens (including phenoxy) is 1. The second-order valence-electron chi connectivity index (χ2n) is 4.64. The molecule has 96 valence electrons. The van der Waals surface area contributed by atoms with Crippen LogP contribution in [0, 0.1) is 0 Å². The van der Waals surface area contributed by atoms with E-state index < -0.39 is 0 Å². The van der Waals surface area contributed by atoms with Gasteiger partial charge in [0.1, 0.15) is 0 Å². The zero-order valence-corrected chi connectivity index (χ0v) is 10.5. The molecule has 1 heterocycles. The summed E-state index contributed by atoms with van der Waals surface area (Å²) in [6.07, 6.45) is 7.38. The number of anilines is 1. The maximum absolute atomic E-state index is 11.7. The largest absolute Gasteiger partial charge is 0.399 e. The van der Waals surface area contributed by atoms with E-state index in [0.717, 1.165) is 37.1 Å². The summed E-state index contributed by atoms with van der Waals surface area (Å²) in [7, 11) is 0. The summed E-state index contributed by atoms with van der Waals surface area (Å²) in [4.78, 5) is 11.7. The lowest BCUT2D eigenvalue weighted by atomic mass is 10.1. The summed E-state index contributed by atoms with van der Waals surface area (Å²) >= 11 is 0. The topological polar surface area (TPSA) is 52.3 Å². The molecule has 1 atom stereocenters. The highest BCUT2D eigenvalue weighted by molar-refractivity contribution is 5.93. The average molecular weight is 245 g/mol. The van der Waals surface area contributed by atoms with Gasteiger partial charge in [0.05, 0.1) is 6.10 Å². The molecule has 2 rings (SSSR count). The SMILES string of the molecule is Nc1ccc(/C=C/C(=O)CCC2CCCO2)cc1. The Bertz CT molecular complexity index is 417. The molecule has 0 spiro atoms. The maximum atomic E-state index is 11.7. The van der Waals surface area contributed by atoms with Crippen molar-refractivity contribution in [1.29, 1.82) is 0 Å². The van der Waals surface area contributed by atoms with Crippen LogP contribution in [0.5, 0.6) is 0 Å². The molecule has 1 unspecified atom stereocenters. The van der Waals surface area contributed by atoms with Gasteiger partial charge in [0.25, 0.3) is 0 Å². The molecule has 0 aromatic heterocycles. The highest BCUT2D eigenvalue weighted by Gasteiger charge is 2.15.